The maximum Gasteiger partial charge on any atom is 0.416 e. The van der Waals surface area contributed by atoms with Gasteiger partial charge < -0.3 is 11.1 Å². The third-order valence-corrected chi connectivity index (χ3v) is 2.89. The fourth-order valence-corrected chi connectivity index (χ4v) is 1.88. The van der Waals surface area contributed by atoms with Crippen molar-refractivity contribution in [1.82, 2.24) is 5.32 Å². The Morgan fingerprint density at radius 1 is 1.29 bits per heavy atom. The van der Waals surface area contributed by atoms with Gasteiger partial charge in [0.25, 0.3) is 0 Å². The number of benzene rings is 1. The average Bonchev–Trinajstić information content (AvgIpc) is 3.08. The molecule has 0 bridgehead atoms. The summed E-state index contributed by atoms with van der Waals surface area (Å²) in [6.45, 7) is 0.170. The van der Waals surface area contributed by atoms with Gasteiger partial charge in [0.2, 0.25) is 0 Å². The Morgan fingerprint density at radius 3 is 2.47 bits per heavy atom. The second kappa shape index (κ2) is 4.66. The van der Waals surface area contributed by atoms with E-state index >= 15 is 0 Å². The van der Waals surface area contributed by atoms with E-state index in [4.69, 9.17) is 5.73 Å². The maximum atomic E-state index is 12.8. The van der Waals surface area contributed by atoms with Crippen LogP contribution in [0.5, 0.6) is 0 Å². The van der Waals surface area contributed by atoms with E-state index in [-0.39, 0.29) is 12.1 Å². The van der Waals surface area contributed by atoms with Crippen molar-refractivity contribution in [3.63, 3.8) is 0 Å². The molecule has 0 spiro atoms. The topological polar surface area (TPSA) is 38.0 Å². The van der Waals surface area contributed by atoms with Gasteiger partial charge in [0, 0.05) is 18.6 Å². The first kappa shape index (κ1) is 12.4. The molecular formula is C12H15F3N2. The minimum atomic E-state index is -4.32. The van der Waals surface area contributed by atoms with Crippen LogP contribution in [0.4, 0.5) is 13.2 Å². The molecule has 1 saturated carbocycles. The minimum absolute atomic E-state index is 0.170. The van der Waals surface area contributed by atoms with Crippen LogP contribution in [0.15, 0.2) is 24.3 Å². The Labute approximate surface area is 98.0 Å². The SMILES string of the molecule is NCC(NC1CC1)c1ccccc1C(F)(F)F. The standard InChI is InChI=1S/C12H15F3N2/c13-12(14,15)10-4-2-1-3-9(10)11(7-16)17-8-5-6-8/h1-4,8,11,17H,5-7,16H2. The Bertz CT molecular complexity index is 386. The molecule has 17 heavy (non-hydrogen) atoms. The van der Waals surface area contributed by atoms with Crippen molar-refractivity contribution in [3.05, 3.63) is 35.4 Å². The smallest absolute Gasteiger partial charge is 0.329 e. The van der Waals surface area contributed by atoms with Crippen molar-refractivity contribution in [2.75, 3.05) is 6.54 Å². The van der Waals surface area contributed by atoms with Gasteiger partial charge in [0.05, 0.1) is 5.56 Å². The molecule has 1 aromatic carbocycles. The van der Waals surface area contributed by atoms with E-state index in [1.165, 1.54) is 12.1 Å². The van der Waals surface area contributed by atoms with Crippen LogP contribution in [0, 0.1) is 0 Å². The first-order valence-electron chi connectivity index (χ1n) is 5.64. The summed E-state index contributed by atoms with van der Waals surface area (Å²) in [6, 6.07) is 5.52. The number of alkyl halides is 3. The lowest BCUT2D eigenvalue weighted by Crippen LogP contribution is -2.31. The minimum Gasteiger partial charge on any atom is -0.329 e. The van der Waals surface area contributed by atoms with E-state index in [1.54, 1.807) is 6.07 Å². The molecule has 94 valence electrons. The van der Waals surface area contributed by atoms with E-state index in [9.17, 15) is 13.2 Å². The van der Waals surface area contributed by atoms with E-state index < -0.39 is 17.8 Å². The highest BCUT2D eigenvalue weighted by atomic mass is 19.4. The summed E-state index contributed by atoms with van der Waals surface area (Å²) in [5.41, 5.74) is 5.21. The van der Waals surface area contributed by atoms with Gasteiger partial charge in [0.1, 0.15) is 0 Å². The highest BCUT2D eigenvalue weighted by Crippen LogP contribution is 2.35. The monoisotopic (exact) mass is 244 g/mol. The number of rotatable bonds is 4. The first-order valence-corrected chi connectivity index (χ1v) is 5.64. The Hall–Kier alpha value is -1.07. The zero-order valence-electron chi connectivity index (χ0n) is 9.30. The third kappa shape index (κ3) is 2.98. The maximum absolute atomic E-state index is 12.8. The van der Waals surface area contributed by atoms with Crippen LogP contribution in [0.3, 0.4) is 0 Å². The molecule has 0 amide bonds. The van der Waals surface area contributed by atoms with Crippen LogP contribution in [0.2, 0.25) is 0 Å². The first-order chi connectivity index (χ1) is 8.02. The van der Waals surface area contributed by atoms with Crippen molar-refractivity contribution in [2.24, 2.45) is 5.73 Å². The quantitative estimate of drug-likeness (QED) is 0.853. The van der Waals surface area contributed by atoms with Gasteiger partial charge in [-0.15, -0.1) is 0 Å². The summed E-state index contributed by atoms with van der Waals surface area (Å²) in [5.74, 6) is 0. The largest absolute Gasteiger partial charge is 0.416 e. The van der Waals surface area contributed by atoms with Gasteiger partial charge in [-0.3, -0.25) is 0 Å². The molecule has 5 heteroatoms. The molecule has 0 aliphatic heterocycles. The molecule has 1 aromatic rings. The number of hydrogen-bond donors (Lipinski definition) is 2. The zero-order chi connectivity index (χ0) is 12.5. The lowest BCUT2D eigenvalue weighted by Gasteiger charge is -2.21. The van der Waals surface area contributed by atoms with Crippen molar-refractivity contribution >= 4 is 0 Å². The van der Waals surface area contributed by atoms with Crippen LogP contribution in [0.25, 0.3) is 0 Å². The van der Waals surface area contributed by atoms with Gasteiger partial charge in [-0.2, -0.15) is 13.2 Å². The number of halogens is 3. The van der Waals surface area contributed by atoms with E-state index in [1.807, 2.05) is 0 Å². The molecule has 1 aliphatic carbocycles. The summed E-state index contributed by atoms with van der Waals surface area (Å²) in [5, 5.41) is 3.14. The van der Waals surface area contributed by atoms with Crippen molar-refractivity contribution < 1.29 is 13.2 Å². The van der Waals surface area contributed by atoms with E-state index in [0.717, 1.165) is 18.9 Å². The molecule has 0 radical (unpaired) electrons. The predicted molar refractivity (Wildman–Crippen MR) is 59.4 cm³/mol. The molecule has 1 aliphatic rings. The third-order valence-electron chi connectivity index (χ3n) is 2.89. The van der Waals surface area contributed by atoms with Crippen LogP contribution >= 0.6 is 0 Å². The average molecular weight is 244 g/mol. The van der Waals surface area contributed by atoms with Crippen LogP contribution in [0.1, 0.15) is 30.0 Å². The van der Waals surface area contributed by atoms with Gasteiger partial charge in [0.15, 0.2) is 0 Å². The van der Waals surface area contributed by atoms with Crippen molar-refractivity contribution in [1.29, 1.82) is 0 Å². The number of nitrogens with one attached hydrogen (secondary N) is 1. The molecule has 0 saturated heterocycles. The summed E-state index contributed by atoms with van der Waals surface area (Å²) >= 11 is 0. The molecular weight excluding hydrogens is 229 g/mol. The highest BCUT2D eigenvalue weighted by Gasteiger charge is 2.35. The highest BCUT2D eigenvalue weighted by molar-refractivity contribution is 5.32. The van der Waals surface area contributed by atoms with Crippen LogP contribution < -0.4 is 11.1 Å². The zero-order valence-corrected chi connectivity index (χ0v) is 9.30. The van der Waals surface area contributed by atoms with Crippen molar-refractivity contribution in [2.45, 2.75) is 31.1 Å². The second-order valence-corrected chi connectivity index (χ2v) is 4.31. The number of hydrogen-bond acceptors (Lipinski definition) is 2. The summed E-state index contributed by atoms with van der Waals surface area (Å²) in [4.78, 5) is 0. The van der Waals surface area contributed by atoms with Gasteiger partial charge >= 0.3 is 6.18 Å². The number of nitrogens with two attached hydrogens (primary N) is 1. The van der Waals surface area contributed by atoms with Crippen LogP contribution in [-0.4, -0.2) is 12.6 Å². The normalized spacial score (nSPS) is 18.1. The predicted octanol–water partition coefficient (Wildman–Crippen LogP) is 2.46. The molecule has 2 nitrogen and oxygen atoms in total. The fourth-order valence-electron chi connectivity index (χ4n) is 1.88. The molecule has 0 aromatic heterocycles. The molecule has 0 heterocycles. The summed E-state index contributed by atoms with van der Waals surface area (Å²) in [7, 11) is 0. The lowest BCUT2D eigenvalue weighted by molar-refractivity contribution is -0.138. The van der Waals surface area contributed by atoms with E-state index in [0.29, 0.717) is 6.04 Å². The summed E-state index contributed by atoms with van der Waals surface area (Å²) < 4.78 is 38.5. The fraction of sp³-hybridized carbons (Fsp3) is 0.500. The Balaban J connectivity index is 2.28. The Morgan fingerprint density at radius 2 is 1.94 bits per heavy atom. The van der Waals surface area contributed by atoms with Gasteiger partial charge in [-0.05, 0) is 24.5 Å². The molecule has 1 atom stereocenters. The van der Waals surface area contributed by atoms with Gasteiger partial charge in [-0.25, -0.2) is 0 Å². The Kier molecular flexibility index (Phi) is 3.40. The molecule has 1 fully saturated rings. The van der Waals surface area contributed by atoms with Crippen molar-refractivity contribution in [3.8, 4) is 0 Å². The van der Waals surface area contributed by atoms with Gasteiger partial charge in [-0.1, -0.05) is 18.2 Å². The summed E-state index contributed by atoms with van der Waals surface area (Å²) in [6.07, 6.45) is -2.29. The van der Waals surface area contributed by atoms with E-state index in [2.05, 4.69) is 5.32 Å². The lowest BCUT2D eigenvalue weighted by atomic mass is 10.00. The molecule has 2 rings (SSSR count). The molecule has 3 N–H and O–H groups in total. The molecule has 1 unspecified atom stereocenters. The van der Waals surface area contributed by atoms with Crippen LogP contribution in [-0.2, 0) is 6.18 Å². The second-order valence-electron chi connectivity index (χ2n) is 4.31.